The molecule has 0 nitrogen and oxygen atoms in total. The average molecular weight is 238 g/mol. The minimum absolute atomic E-state index is 0.650. The van der Waals surface area contributed by atoms with Gasteiger partial charge in [0.15, 0.2) is 0 Å². The lowest BCUT2D eigenvalue weighted by Gasteiger charge is -1.94. The van der Waals surface area contributed by atoms with Crippen LogP contribution in [0.5, 0.6) is 0 Å². The van der Waals surface area contributed by atoms with E-state index in [1.165, 1.54) is 0 Å². The summed E-state index contributed by atoms with van der Waals surface area (Å²) in [4.78, 5) is 1.42. The van der Waals surface area contributed by atoms with Crippen LogP contribution in [0.1, 0.15) is 0 Å². The third-order valence-corrected chi connectivity index (χ3v) is 4.06. The van der Waals surface area contributed by atoms with Crippen molar-refractivity contribution < 1.29 is 0 Å². The van der Waals surface area contributed by atoms with Gasteiger partial charge in [-0.1, -0.05) is 44.0 Å². The van der Waals surface area contributed by atoms with Gasteiger partial charge in [0.25, 0.3) is 0 Å². The van der Waals surface area contributed by atoms with E-state index >= 15 is 0 Å². The molecule has 2 aliphatic rings. The minimum Gasteiger partial charge on any atom is -0.0880 e. The Hall–Kier alpha value is 0.700. The summed E-state index contributed by atoms with van der Waals surface area (Å²) in [6.07, 6.45) is 4.54. The Bertz CT molecular complexity index is 139. The van der Waals surface area contributed by atoms with Gasteiger partial charge in [0.2, 0.25) is 0 Å². The summed E-state index contributed by atoms with van der Waals surface area (Å²) in [6, 6.07) is 0. The van der Waals surface area contributed by atoms with Crippen LogP contribution >= 0.6 is 31.9 Å². The molecule has 2 rings (SSSR count). The number of halogens is 2. The number of allylic oxidation sites excluding steroid dienone is 2. The van der Waals surface area contributed by atoms with E-state index in [1.807, 2.05) is 0 Å². The Labute approximate surface area is 65.6 Å². The summed E-state index contributed by atoms with van der Waals surface area (Å²) in [5.41, 5.74) is 0. The summed E-state index contributed by atoms with van der Waals surface area (Å²) >= 11 is 7.15. The first-order chi connectivity index (χ1) is 3.80. The lowest BCUT2D eigenvalue weighted by atomic mass is 10.3. The second-order valence-corrected chi connectivity index (χ2v) is 4.54. The fraction of sp³-hybridized carbons (Fsp3) is 0.667. The van der Waals surface area contributed by atoms with Crippen molar-refractivity contribution in [3.8, 4) is 0 Å². The molecule has 44 valence electrons. The Kier molecular flexibility index (Phi) is 1.10. The zero-order valence-electron chi connectivity index (χ0n) is 4.22. The van der Waals surface area contributed by atoms with Crippen LogP contribution in [0.4, 0.5) is 0 Å². The summed E-state index contributed by atoms with van der Waals surface area (Å²) in [7, 11) is 0. The highest BCUT2D eigenvalue weighted by Crippen LogP contribution is 2.54. The van der Waals surface area contributed by atoms with Gasteiger partial charge in [0, 0.05) is 9.65 Å². The van der Waals surface area contributed by atoms with Gasteiger partial charge >= 0.3 is 0 Å². The molecule has 0 heterocycles. The number of hydrogen-bond donors (Lipinski definition) is 0. The van der Waals surface area contributed by atoms with Crippen LogP contribution in [0.15, 0.2) is 12.2 Å². The van der Waals surface area contributed by atoms with Crippen molar-refractivity contribution >= 4 is 31.9 Å². The first-order valence-electron chi connectivity index (χ1n) is 2.77. The highest BCUT2D eigenvalue weighted by Gasteiger charge is 2.52. The van der Waals surface area contributed by atoms with Crippen LogP contribution in [0.2, 0.25) is 0 Å². The maximum atomic E-state index is 3.58. The predicted molar refractivity (Wildman–Crippen MR) is 41.6 cm³/mol. The monoisotopic (exact) mass is 236 g/mol. The normalized spacial score (nSPS) is 58.8. The van der Waals surface area contributed by atoms with E-state index in [9.17, 15) is 0 Å². The van der Waals surface area contributed by atoms with E-state index < -0.39 is 0 Å². The summed E-state index contributed by atoms with van der Waals surface area (Å²) in [5, 5.41) is 0. The highest BCUT2D eigenvalue weighted by atomic mass is 79.9. The van der Waals surface area contributed by atoms with Crippen molar-refractivity contribution in [1.29, 1.82) is 0 Å². The summed E-state index contributed by atoms with van der Waals surface area (Å²) < 4.78 is 0. The standard InChI is InChI=1S/C6H6Br2/c7-4-2-1-3-5(4)6(3)8/h1-6H/t3-,4-,5-,6+/m1/s1. The molecule has 0 unspecified atom stereocenters. The first-order valence-corrected chi connectivity index (χ1v) is 4.60. The molecule has 2 heteroatoms. The van der Waals surface area contributed by atoms with Crippen molar-refractivity contribution in [2.75, 3.05) is 0 Å². The topological polar surface area (TPSA) is 0 Å². The minimum atomic E-state index is 0.650. The average Bonchev–Trinajstić information content (AvgIpc) is 2.13. The van der Waals surface area contributed by atoms with Gasteiger partial charge in [-0.2, -0.15) is 0 Å². The van der Waals surface area contributed by atoms with Crippen molar-refractivity contribution in [2.45, 2.75) is 9.65 Å². The maximum absolute atomic E-state index is 3.58. The van der Waals surface area contributed by atoms with Gasteiger partial charge in [-0.25, -0.2) is 0 Å². The van der Waals surface area contributed by atoms with E-state index in [0.717, 1.165) is 16.7 Å². The molecule has 0 bridgehead atoms. The Balaban J connectivity index is 2.18. The number of rotatable bonds is 0. The smallest absolute Gasteiger partial charge is 0.0370 e. The van der Waals surface area contributed by atoms with E-state index in [1.54, 1.807) is 0 Å². The Morgan fingerprint density at radius 2 is 1.88 bits per heavy atom. The predicted octanol–water partition coefficient (Wildman–Crippen LogP) is 2.33. The van der Waals surface area contributed by atoms with Crippen LogP contribution in [0.3, 0.4) is 0 Å². The highest BCUT2D eigenvalue weighted by molar-refractivity contribution is 9.10. The molecule has 1 saturated carbocycles. The molecule has 0 amide bonds. The van der Waals surface area contributed by atoms with E-state index in [2.05, 4.69) is 44.0 Å². The van der Waals surface area contributed by atoms with Gasteiger partial charge in [-0.05, 0) is 11.8 Å². The zero-order chi connectivity index (χ0) is 5.72. The molecule has 0 N–H and O–H groups in total. The van der Waals surface area contributed by atoms with Crippen molar-refractivity contribution in [2.24, 2.45) is 11.8 Å². The third kappa shape index (κ3) is 0.561. The maximum Gasteiger partial charge on any atom is 0.0370 e. The number of alkyl halides is 2. The van der Waals surface area contributed by atoms with Gasteiger partial charge in [0.05, 0.1) is 0 Å². The third-order valence-electron chi connectivity index (χ3n) is 1.92. The van der Waals surface area contributed by atoms with E-state index in [-0.39, 0.29) is 0 Å². The second kappa shape index (κ2) is 1.60. The SMILES string of the molecule is Br[C@H]1[C@@H]2C=C[C@@H](Br)[C@H]12. The van der Waals surface area contributed by atoms with Crippen LogP contribution in [-0.2, 0) is 0 Å². The molecule has 0 saturated heterocycles. The fourth-order valence-electron chi connectivity index (χ4n) is 1.30. The van der Waals surface area contributed by atoms with Gasteiger partial charge in [-0.15, -0.1) is 0 Å². The van der Waals surface area contributed by atoms with Crippen LogP contribution in [0.25, 0.3) is 0 Å². The molecule has 4 atom stereocenters. The molecule has 0 aliphatic heterocycles. The fourth-order valence-corrected chi connectivity index (χ4v) is 3.60. The second-order valence-electron chi connectivity index (χ2n) is 2.43. The quantitative estimate of drug-likeness (QED) is 0.448. The van der Waals surface area contributed by atoms with E-state index in [4.69, 9.17) is 0 Å². The van der Waals surface area contributed by atoms with Crippen molar-refractivity contribution in [3.63, 3.8) is 0 Å². The van der Waals surface area contributed by atoms with Crippen LogP contribution < -0.4 is 0 Å². The van der Waals surface area contributed by atoms with Crippen LogP contribution in [0, 0.1) is 11.8 Å². The zero-order valence-corrected chi connectivity index (χ0v) is 7.39. The first kappa shape index (κ1) is 5.48. The molecule has 0 spiro atoms. The molecular weight excluding hydrogens is 232 g/mol. The Morgan fingerprint density at radius 3 is 2.12 bits per heavy atom. The molecule has 0 radical (unpaired) electrons. The van der Waals surface area contributed by atoms with Gasteiger partial charge < -0.3 is 0 Å². The molecule has 0 aromatic heterocycles. The van der Waals surface area contributed by atoms with E-state index in [0.29, 0.717) is 4.83 Å². The number of fused-ring (bicyclic) bond motifs is 1. The largest absolute Gasteiger partial charge is 0.0880 e. The molecular formula is C6H6Br2. The van der Waals surface area contributed by atoms with Crippen LogP contribution in [-0.4, -0.2) is 9.65 Å². The lowest BCUT2D eigenvalue weighted by molar-refractivity contribution is 0.886. The molecule has 0 aromatic rings. The van der Waals surface area contributed by atoms with Crippen molar-refractivity contribution in [1.82, 2.24) is 0 Å². The molecule has 8 heavy (non-hydrogen) atoms. The van der Waals surface area contributed by atoms with Crippen molar-refractivity contribution in [3.05, 3.63) is 12.2 Å². The van der Waals surface area contributed by atoms with Gasteiger partial charge in [0.1, 0.15) is 0 Å². The molecule has 1 fully saturated rings. The molecule has 0 aromatic carbocycles. The Morgan fingerprint density at radius 1 is 1.12 bits per heavy atom. The summed E-state index contributed by atoms with van der Waals surface area (Å²) in [5.74, 6) is 1.72. The lowest BCUT2D eigenvalue weighted by Crippen LogP contribution is -1.94. The number of hydrogen-bond acceptors (Lipinski definition) is 0. The van der Waals surface area contributed by atoms with Gasteiger partial charge in [-0.3, -0.25) is 0 Å². The molecule has 2 aliphatic carbocycles. The summed E-state index contributed by atoms with van der Waals surface area (Å²) in [6.45, 7) is 0.